The lowest BCUT2D eigenvalue weighted by Gasteiger charge is -2.20. The average Bonchev–Trinajstić information content (AvgIpc) is 2.17. The predicted octanol–water partition coefficient (Wildman–Crippen LogP) is 2.93. The average molecular weight is 287 g/mol. The van der Waals surface area contributed by atoms with Crippen LogP contribution in [0.4, 0.5) is 5.69 Å². The molecule has 82 valence electrons. The molecule has 0 aliphatic rings. The minimum atomic E-state index is 0.431. The standard InChI is InChI=1S/C11H15BrN2S/c1-3-6-14(2)10-5-4-8(11(13)15)7-9(10)12/h4-5,7H,3,6H2,1-2H3,(H2,13,15). The van der Waals surface area contributed by atoms with Crippen LogP contribution in [0.2, 0.25) is 0 Å². The van der Waals surface area contributed by atoms with Crippen molar-refractivity contribution < 1.29 is 0 Å². The molecule has 0 unspecified atom stereocenters. The van der Waals surface area contributed by atoms with Gasteiger partial charge >= 0.3 is 0 Å². The second kappa shape index (κ2) is 5.47. The van der Waals surface area contributed by atoms with Gasteiger partial charge in [0.1, 0.15) is 4.99 Å². The quantitative estimate of drug-likeness (QED) is 0.863. The fourth-order valence-electron chi connectivity index (χ4n) is 1.43. The van der Waals surface area contributed by atoms with E-state index in [1.54, 1.807) is 0 Å². The van der Waals surface area contributed by atoms with E-state index < -0.39 is 0 Å². The molecule has 0 atom stereocenters. The molecule has 0 aromatic heterocycles. The van der Waals surface area contributed by atoms with Crippen molar-refractivity contribution in [3.05, 3.63) is 28.2 Å². The number of nitrogens with two attached hydrogens (primary N) is 1. The van der Waals surface area contributed by atoms with Gasteiger partial charge < -0.3 is 10.6 Å². The highest BCUT2D eigenvalue weighted by molar-refractivity contribution is 9.10. The Morgan fingerprint density at radius 3 is 2.67 bits per heavy atom. The summed E-state index contributed by atoms with van der Waals surface area (Å²) in [6.45, 7) is 3.19. The molecule has 0 bridgehead atoms. The maximum absolute atomic E-state index is 5.56. The third-order valence-corrected chi connectivity index (χ3v) is 3.07. The van der Waals surface area contributed by atoms with Crippen molar-refractivity contribution in [3.63, 3.8) is 0 Å². The summed E-state index contributed by atoms with van der Waals surface area (Å²) in [6, 6.07) is 5.95. The summed E-state index contributed by atoms with van der Waals surface area (Å²) < 4.78 is 1.03. The number of hydrogen-bond acceptors (Lipinski definition) is 2. The van der Waals surface area contributed by atoms with Gasteiger partial charge in [-0.05, 0) is 40.5 Å². The Kier molecular flexibility index (Phi) is 4.54. The molecule has 2 N–H and O–H groups in total. The fourth-order valence-corrected chi connectivity index (χ4v) is 2.23. The van der Waals surface area contributed by atoms with Crippen LogP contribution in [0.1, 0.15) is 18.9 Å². The zero-order valence-electron chi connectivity index (χ0n) is 8.96. The highest BCUT2D eigenvalue weighted by Crippen LogP contribution is 2.26. The van der Waals surface area contributed by atoms with E-state index >= 15 is 0 Å². The van der Waals surface area contributed by atoms with Crippen LogP contribution in [0.3, 0.4) is 0 Å². The lowest BCUT2D eigenvalue weighted by atomic mass is 10.2. The minimum absolute atomic E-state index is 0.431. The number of anilines is 1. The van der Waals surface area contributed by atoms with Crippen molar-refractivity contribution in [1.82, 2.24) is 0 Å². The summed E-state index contributed by atoms with van der Waals surface area (Å²) in [5.74, 6) is 0. The third-order valence-electron chi connectivity index (χ3n) is 2.20. The Labute approximate surface area is 105 Å². The molecule has 1 aromatic rings. The number of nitrogens with zero attached hydrogens (tertiary/aromatic N) is 1. The summed E-state index contributed by atoms with van der Waals surface area (Å²) in [6.07, 6.45) is 1.12. The normalized spacial score (nSPS) is 10.1. The summed E-state index contributed by atoms with van der Waals surface area (Å²) >= 11 is 8.45. The first kappa shape index (κ1) is 12.5. The van der Waals surface area contributed by atoms with Crippen LogP contribution in [0.25, 0.3) is 0 Å². The first-order valence-corrected chi connectivity index (χ1v) is 6.07. The molecule has 0 amide bonds. The van der Waals surface area contributed by atoms with E-state index in [1.165, 1.54) is 0 Å². The molecule has 0 saturated carbocycles. The highest BCUT2D eigenvalue weighted by Gasteiger charge is 2.06. The summed E-state index contributed by atoms with van der Waals surface area (Å²) in [4.78, 5) is 2.63. The maximum Gasteiger partial charge on any atom is 0.104 e. The van der Waals surface area contributed by atoms with Crippen LogP contribution < -0.4 is 10.6 Å². The van der Waals surface area contributed by atoms with Crippen molar-refractivity contribution in [1.29, 1.82) is 0 Å². The number of hydrogen-bond donors (Lipinski definition) is 1. The van der Waals surface area contributed by atoms with Gasteiger partial charge in [0, 0.05) is 23.6 Å². The van der Waals surface area contributed by atoms with Crippen molar-refractivity contribution in [3.8, 4) is 0 Å². The maximum atomic E-state index is 5.56. The van der Waals surface area contributed by atoms with Gasteiger partial charge in [0.25, 0.3) is 0 Å². The largest absolute Gasteiger partial charge is 0.389 e. The molecule has 0 radical (unpaired) electrons. The minimum Gasteiger partial charge on any atom is -0.389 e. The predicted molar refractivity (Wildman–Crippen MR) is 73.6 cm³/mol. The van der Waals surface area contributed by atoms with Gasteiger partial charge in [-0.1, -0.05) is 19.1 Å². The Bertz CT molecular complexity index is 366. The molecule has 0 saturated heterocycles. The van der Waals surface area contributed by atoms with Crippen molar-refractivity contribution in [2.75, 3.05) is 18.5 Å². The molecule has 1 rings (SSSR count). The van der Waals surface area contributed by atoms with E-state index in [9.17, 15) is 0 Å². The zero-order chi connectivity index (χ0) is 11.4. The van der Waals surface area contributed by atoms with Crippen LogP contribution in [-0.2, 0) is 0 Å². The monoisotopic (exact) mass is 286 g/mol. The molecule has 4 heteroatoms. The topological polar surface area (TPSA) is 29.3 Å². The Hall–Kier alpha value is -0.610. The summed E-state index contributed by atoms with van der Waals surface area (Å²) in [7, 11) is 2.07. The molecule has 0 fully saturated rings. The third kappa shape index (κ3) is 3.18. The first-order valence-electron chi connectivity index (χ1n) is 4.86. The first-order chi connectivity index (χ1) is 7.06. The molecular formula is C11H15BrN2S. The fraction of sp³-hybridized carbons (Fsp3) is 0.364. The van der Waals surface area contributed by atoms with Gasteiger partial charge in [-0.25, -0.2) is 0 Å². The number of benzene rings is 1. The van der Waals surface area contributed by atoms with E-state index in [0.717, 1.165) is 28.7 Å². The lowest BCUT2D eigenvalue weighted by Crippen LogP contribution is -2.18. The van der Waals surface area contributed by atoms with E-state index in [0.29, 0.717) is 4.99 Å². The van der Waals surface area contributed by atoms with Crippen molar-refractivity contribution in [2.24, 2.45) is 5.73 Å². The Morgan fingerprint density at radius 2 is 2.20 bits per heavy atom. The van der Waals surface area contributed by atoms with Gasteiger partial charge in [-0.15, -0.1) is 0 Å². The van der Waals surface area contributed by atoms with E-state index in [-0.39, 0.29) is 0 Å². The second-order valence-corrected chi connectivity index (χ2v) is 4.75. The Balaban J connectivity index is 2.97. The van der Waals surface area contributed by atoms with Crippen LogP contribution in [0.15, 0.2) is 22.7 Å². The number of halogens is 1. The zero-order valence-corrected chi connectivity index (χ0v) is 11.4. The number of rotatable bonds is 4. The van der Waals surface area contributed by atoms with E-state index in [1.807, 2.05) is 18.2 Å². The van der Waals surface area contributed by atoms with Crippen LogP contribution in [-0.4, -0.2) is 18.6 Å². The Morgan fingerprint density at radius 1 is 1.53 bits per heavy atom. The van der Waals surface area contributed by atoms with E-state index in [2.05, 4.69) is 34.8 Å². The van der Waals surface area contributed by atoms with Gasteiger partial charge in [0.15, 0.2) is 0 Å². The van der Waals surface area contributed by atoms with Gasteiger partial charge in [0.2, 0.25) is 0 Å². The molecule has 0 heterocycles. The smallest absolute Gasteiger partial charge is 0.104 e. The SMILES string of the molecule is CCCN(C)c1ccc(C(N)=S)cc1Br. The molecule has 15 heavy (non-hydrogen) atoms. The molecule has 0 aliphatic carbocycles. The van der Waals surface area contributed by atoms with Crippen LogP contribution in [0, 0.1) is 0 Å². The molecule has 0 aliphatic heterocycles. The summed E-state index contributed by atoms with van der Waals surface area (Å²) in [5.41, 5.74) is 7.62. The number of thiocarbonyl (C=S) groups is 1. The second-order valence-electron chi connectivity index (χ2n) is 3.45. The molecule has 0 spiro atoms. The van der Waals surface area contributed by atoms with Gasteiger partial charge in [0.05, 0.1) is 5.69 Å². The summed E-state index contributed by atoms with van der Waals surface area (Å²) in [5, 5.41) is 0. The van der Waals surface area contributed by atoms with E-state index in [4.69, 9.17) is 18.0 Å². The molecule has 2 nitrogen and oxygen atoms in total. The molecular weight excluding hydrogens is 272 g/mol. The lowest BCUT2D eigenvalue weighted by molar-refractivity contribution is 0.850. The van der Waals surface area contributed by atoms with Crippen molar-refractivity contribution in [2.45, 2.75) is 13.3 Å². The highest BCUT2D eigenvalue weighted by atomic mass is 79.9. The molecule has 1 aromatic carbocycles. The van der Waals surface area contributed by atoms with Crippen LogP contribution >= 0.6 is 28.1 Å². The van der Waals surface area contributed by atoms with Gasteiger partial charge in [-0.3, -0.25) is 0 Å². The van der Waals surface area contributed by atoms with Crippen molar-refractivity contribution >= 4 is 38.8 Å². The van der Waals surface area contributed by atoms with Crippen LogP contribution in [0.5, 0.6) is 0 Å². The van der Waals surface area contributed by atoms with Gasteiger partial charge in [-0.2, -0.15) is 0 Å².